The SMILES string of the molecule is c1ccc(-c2cc(-c3ccccc3)cc(-c3ccc4cc(-c5ccc6ccc(-c7ccc(-c8ccc9ccc%10cccnc%10c9n8)c8ccccc78)nc6c5)ccc4n3)c2)cc1. The van der Waals surface area contributed by atoms with E-state index in [4.69, 9.17) is 15.0 Å². The summed E-state index contributed by atoms with van der Waals surface area (Å²) in [6.45, 7) is 0. The van der Waals surface area contributed by atoms with Gasteiger partial charge in [0.1, 0.15) is 0 Å². The Bertz CT molecular complexity index is 3630. The van der Waals surface area contributed by atoms with E-state index in [-0.39, 0.29) is 0 Å². The summed E-state index contributed by atoms with van der Waals surface area (Å²) in [4.78, 5) is 20.4. The van der Waals surface area contributed by atoms with Gasteiger partial charge in [0.25, 0.3) is 0 Å². The van der Waals surface area contributed by atoms with Crippen LogP contribution in [-0.2, 0) is 0 Å². The van der Waals surface area contributed by atoms with E-state index in [1.54, 1.807) is 0 Å². The van der Waals surface area contributed by atoms with Crippen molar-refractivity contribution in [2.75, 3.05) is 0 Å². The van der Waals surface area contributed by atoms with Crippen LogP contribution in [0.1, 0.15) is 0 Å². The van der Waals surface area contributed by atoms with Gasteiger partial charge in [0.2, 0.25) is 0 Å². The van der Waals surface area contributed by atoms with Crippen LogP contribution in [0.5, 0.6) is 0 Å². The molecular weight excluding hydrogens is 753 g/mol. The monoisotopic (exact) mass is 788 g/mol. The van der Waals surface area contributed by atoms with Crippen LogP contribution in [0.2, 0.25) is 0 Å². The highest BCUT2D eigenvalue weighted by atomic mass is 14.8. The molecular formula is C58H36N4. The topological polar surface area (TPSA) is 51.6 Å². The van der Waals surface area contributed by atoms with Crippen molar-refractivity contribution in [1.29, 1.82) is 0 Å². The first-order valence-electron chi connectivity index (χ1n) is 20.9. The fourth-order valence-corrected chi connectivity index (χ4v) is 8.90. The smallest absolute Gasteiger partial charge is 0.0972 e. The molecule has 0 saturated heterocycles. The molecule has 12 rings (SSSR count). The van der Waals surface area contributed by atoms with Crippen molar-refractivity contribution in [2.45, 2.75) is 0 Å². The summed E-state index contributed by atoms with van der Waals surface area (Å²) in [5.41, 5.74) is 16.7. The van der Waals surface area contributed by atoms with Gasteiger partial charge in [-0.3, -0.25) is 4.98 Å². The lowest BCUT2D eigenvalue weighted by Crippen LogP contribution is -1.92. The minimum Gasteiger partial charge on any atom is -0.254 e. The Morgan fingerprint density at radius 3 is 1.52 bits per heavy atom. The quantitative estimate of drug-likeness (QED) is 0.158. The van der Waals surface area contributed by atoms with E-state index < -0.39 is 0 Å². The van der Waals surface area contributed by atoms with Crippen LogP contribution >= 0.6 is 0 Å². The number of fused-ring (bicyclic) bond motifs is 6. The fraction of sp³-hybridized carbons (Fsp3) is 0. The third-order valence-electron chi connectivity index (χ3n) is 12.1. The second-order valence-electron chi connectivity index (χ2n) is 15.9. The molecule has 12 aromatic rings. The van der Waals surface area contributed by atoms with Gasteiger partial charge in [-0.1, -0.05) is 152 Å². The molecule has 0 amide bonds. The molecule has 0 spiro atoms. The van der Waals surface area contributed by atoms with E-state index in [0.29, 0.717) is 0 Å². The van der Waals surface area contributed by atoms with E-state index in [9.17, 15) is 0 Å². The molecule has 0 aliphatic rings. The summed E-state index contributed by atoms with van der Waals surface area (Å²) in [7, 11) is 0. The van der Waals surface area contributed by atoms with Crippen LogP contribution < -0.4 is 0 Å². The first-order valence-corrected chi connectivity index (χ1v) is 20.9. The largest absolute Gasteiger partial charge is 0.254 e. The van der Waals surface area contributed by atoms with Crippen molar-refractivity contribution < 1.29 is 0 Å². The molecule has 0 unspecified atom stereocenters. The zero-order valence-corrected chi connectivity index (χ0v) is 33.6. The normalized spacial score (nSPS) is 11.5. The van der Waals surface area contributed by atoms with Crippen molar-refractivity contribution in [1.82, 2.24) is 19.9 Å². The molecule has 0 aliphatic heterocycles. The van der Waals surface area contributed by atoms with Crippen molar-refractivity contribution >= 4 is 54.4 Å². The molecule has 0 N–H and O–H groups in total. The molecule has 4 heteroatoms. The lowest BCUT2D eigenvalue weighted by atomic mass is 9.94. The first-order chi connectivity index (χ1) is 30.7. The van der Waals surface area contributed by atoms with Gasteiger partial charge in [0, 0.05) is 44.4 Å². The van der Waals surface area contributed by atoms with Crippen molar-refractivity contribution in [3.8, 4) is 67.2 Å². The molecule has 288 valence electrons. The molecule has 8 aromatic carbocycles. The van der Waals surface area contributed by atoms with Gasteiger partial charge in [0.05, 0.1) is 39.1 Å². The fourth-order valence-electron chi connectivity index (χ4n) is 8.90. The highest BCUT2D eigenvalue weighted by molar-refractivity contribution is 6.07. The molecule has 62 heavy (non-hydrogen) atoms. The average molecular weight is 789 g/mol. The third kappa shape index (κ3) is 6.34. The van der Waals surface area contributed by atoms with Gasteiger partial charge in [-0.2, -0.15) is 0 Å². The molecule has 0 saturated carbocycles. The molecule has 0 atom stereocenters. The second kappa shape index (κ2) is 14.7. The average Bonchev–Trinajstić information content (AvgIpc) is 3.35. The molecule has 0 radical (unpaired) electrons. The molecule has 4 heterocycles. The minimum absolute atomic E-state index is 0.913. The summed E-state index contributed by atoms with van der Waals surface area (Å²) in [5, 5.41) is 6.62. The van der Waals surface area contributed by atoms with Crippen LogP contribution in [0.25, 0.3) is 122 Å². The van der Waals surface area contributed by atoms with Crippen LogP contribution in [0.4, 0.5) is 0 Å². The molecule has 0 fully saturated rings. The number of rotatable bonds is 6. The number of pyridine rings is 4. The number of aromatic nitrogens is 4. The standard InChI is InChI=1S/C58H36N4/c1-3-10-37(11-4-1)45-33-46(38-12-5-2-6-13-38)35-47(34-45)53-28-24-44-32-42(23-27-52(44)60-53)43-20-17-39-21-29-54(61-56(39)36-43)50-25-26-51(49-16-8-7-15-48(49)50)55-30-22-41-19-18-40-14-9-31-59-57(40)58(41)62-55/h1-36H. The maximum absolute atomic E-state index is 5.29. The van der Waals surface area contributed by atoms with Gasteiger partial charge < -0.3 is 0 Å². The summed E-state index contributed by atoms with van der Waals surface area (Å²) >= 11 is 0. The molecule has 0 aliphatic carbocycles. The number of hydrogen-bond donors (Lipinski definition) is 0. The van der Waals surface area contributed by atoms with E-state index in [1.165, 1.54) is 22.3 Å². The van der Waals surface area contributed by atoms with Gasteiger partial charge in [0.15, 0.2) is 0 Å². The Kier molecular flexibility index (Phi) is 8.46. The Morgan fingerprint density at radius 1 is 0.258 bits per heavy atom. The summed E-state index contributed by atoms with van der Waals surface area (Å²) in [6.07, 6.45) is 1.84. The van der Waals surface area contributed by atoms with Gasteiger partial charge >= 0.3 is 0 Å². The summed E-state index contributed by atoms with van der Waals surface area (Å²) in [6, 6.07) is 75.1. The Labute approximate surface area is 358 Å². The van der Waals surface area contributed by atoms with Crippen molar-refractivity contribution in [3.05, 3.63) is 219 Å². The Balaban J connectivity index is 0.888. The lowest BCUT2D eigenvalue weighted by molar-refractivity contribution is 1.37. The third-order valence-corrected chi connectivity index (χ3v) is 12.1. The van der Waals surface area contributed by atoms with Crippen LogP contribution in [0, 0.1) is 0 Å². The summed E-state index contributed by atoms with van der Waals surface area (Å²) in [5.74, 6) is 0. The Morgan fingerprint density at radius 2 is 0.790 bits per heavy atom. The number of nitrogens with zero attached hydrogens (tertiary/aromatic N) is 4. The van der Waals surface area contributed by atoms with Gasteiger partial charge in [-0.05, 0) is 105 Å². The highest BCUT2D eigenvalue weighted by Crippen LogP contribution is 2.38. The molecule has 0 bridgehead atoms. The van der Waals surface area contributed by atoms with Gasteiger partial charge in [-0.15, -0.1) is 0 Å². The predicted molar refractivity (Wildman–Crippen MR) is 258 cm³/mol. The van der Waals surface area contributed by atoms with Crippen LogP contribution in [0.15, 0.2) is 219 Å². The maximum atomic E-state index is 5.29. The van der Waals surface area contributed by atoms with Crippen molar-refractivity contribution in [2.24, 2.45) is 0 Å². The predicted octanol–water partition coefficient (Wildman–Crippen LogP) is 15.0. The van der Waals surface area contributed by atoms with Gasteiger partial charge in [-0.25, -0.2) is 15.0 Å². The zero-order valence-electron chi connectivity index (χ0n) is 33.6. The van der Waals surface area contributed by atoms with Crippen LogP contribution in [0.3, 0.4) is 0 Å². The zero-order chi connectivity index (χ0) is 41.0. The second-order valence-corrected chi connectivity index (χ2v) is 15.9. The Hall–Kier alpha value is -8.34. The highest BCUT2D eigenvalue weighted by Gasteiger charge is 2.15. The van der Waals surface area contributed by atoms with Crippen LogP contribution in [-0.4, -0.2) is 19.9 Å². The van der Waals surface area contributed by atoms with E-state index in [0.717, 1.165) is 99.3 Å². The summed E-state index contributed by atoms with van der Waals surface area (Å²) < 4.78 is 0. The number of benzene rings is 8. The number of hydrogen-bond acceptors (Lipinski definition) is 4. The molecule has 4 nitrogen and oxygen atoms in total. The van der Waals surface area contributed by atoms with E-state index in [1.807, 2.05) is 12.3 Å². The minimum atomic E-state index is 0.913. The van der Waals surface area contributed by atoms with E-state index >= 15 is 0 Å². The molecule has 4 aromatic heterocycles. The van der Waals surface area contributed by atoms with Crippen molar-refractivity contribution in [3.63, 3.8) is 0 Å². The first kappa shape index (κ1) is 35.6. The maximum Gasteiger partial charge on any atom is 0.0972 e. The van der Waals surface area contributed by atoms with E-state index in [2.05, 4.69) is 211 Å². The lowest BCUT2D eigenvalue weighted by Gasteiger charge is -2.13.